The largest absolute Gasteiger partial charge is 0.285 e. The summed E-state index contributed by atoms with van der Waals surface area (Å²) in [7, 11) is -3.82. The Labute approximate surface area is 164 Å². The third kappa shape index (κ3) is 3.55. The lowest BCUT2D eigenvalue weighted by Crippen LogP contribution is -2.30. The van der Waals surface area contributed by atoms with E-state index in [1.807, 2.05) is 30.7 Å². The lowest BCUT2D eigenvalue weighted by atomic mass is 10.2. The molecule has 8 nitrogen and oxygen atoms in total. The first-order valence-corrected chi connectivity index (χ1v) is 11.7. The average molecular weight is 421 g/mol. The molecule has 0 amide bonds. The van der Waals surface area contributed by atoms with Crippen LogP contribution in [0.5, 0.6) is 0 Å². The van der Waals surface area contributed by atoms with E-state index in [0.717, 1.165) is 17.5 Å². The van der Waals surface area contributed by atoms with Crippen LogP contribution in [0.2, 0.25) is 0 Å². The first-order chi connectivity index (χ1) is 13.1. The van der Waals surface area contributed by atoms with Crippen LogP contribution in [-0.2, 0) is 10.0 Å². The van der Waals surface area contributed by atoms with Crippen molar-refractivity contribution < 1.29 is 8.42 Å². The van der Waals surface area contributed by atoms with Crippen molar-refractivity contribution in [2.75, 3.05) is 12.0 Å². The van der Waals surface area contributed by atoms with E-state index in [1.165, 1.54) is 0 Å². The van der Waals surface area contributed by atoms with Crippen LogP contribution in [0.3, 0.4) is 0 Å². The highest BCUT2D eigenvalue weighted by atomic mass is 32.2. The monoisotopic (exact) mass is 420 g/mol. The molecule has 1 aromatic carbocycles. The number of nitrogens with one attached hydrogen (secondary N) is 1. The number of aromatic nitrogens is 5. The third-order valence-electron chi connectivity index (χ3n) is 4.10. The van der Waals surface area contributed by atoms with Gasteiger partial charge in [0.2, 0.25) is 10.0 Å². The van der Waals surface area contributed by atoms with E-state index < -0.39 is 16.1 Å². The van der Waals surface area contributed by atoms with Gasteiger partial charge in [0, 0.05) is 6.20 Å². The van der Waals surface area contributed by atoms with Crippen LogP contribution >= 0.6 is 23.5 Å². The maximum Gasteiger partial charge on any atom is 0.243 e. The molecule has 0 spiro atoms. The zero-order valence-corrected chi connectivity index (χ0v) is 16.8. The molecule has 140 valence electrons. The summed E-state index contributed by atoms with van der Waals surface area (Å²) in [5, 5.41) is 8.37. The number of hydrogen-bond donors (Lipinski definition) is 1. The molecule has 0 aliphatic carbocycles. The van der Waals surface area contributed by atoms with Crippen molar-refractivity contribution in [1.29, 1.82) is 0 Å². The average Bonchev–Trinajstić information content (AvgIpc) is 3.31. The quantitative estimate of drug-likeness (QED) is 0.490. The number of sulfonamides is 1. The standard InChI is InChI=1S/C16H16N6O2S3/c1-25-10-8-12(16-18-17-14-7-2-3-9-22(14)16)21-27(23,24)13-6-4-5-11-15(13)20-26-19-11/h2-7,9,12,21H,8,10H2,1H3/t12-/m1/s1. The number of hydrogen-bond acceptors (Lipinski definition) is 8. The molecule has 0 bridgehead atoms. The van der Waals surface area contributed by atoms with Crippen LogP contribution in [0.25, 0.3) is 16.7 Å². The van der Waals surface area contributed by atoms with Gasteiger partial charge in [-0.1, -0.05) is 12.1 Å². The highest BCUT2D eigenvalue weighted by molar-refractivity contribution is 7.98. The minimum absolute atomic E-state index is 0.122. The first kappa shape index (κ1) is 18.3. The summed E-state index contributed by atoms with van der Waals surface area (Å²) in [6.45, 7) is 0. The molecule has 1 atom stereocenters. The maximum absolute atomic E-state index is 13.1. The molecule has 3 heterocycles. The van der Waals surface area contributed by atoms with Gasteiger partial charge in [0.1, 0.15) is 15.9 Å². The van der Waals surface area contributed by atoms with Crippen LogP contribution in [0, 0.1) is 0 Å². The Balaban J connectivity index is 1.74. The van der Waals surface area contributed by atoms with Crippen molar-refractivity contribution >= 4 is 50.2 Å². The van der Waals surface area contributed by atoms with E-state index in [-0.39, 0.29) is 4.90 Å². The Morgan fingerprint density at radius 2 is 2.07 bits per heavy atom. The Kier molecular flexibility index (Phi) is 5.08. The molecule has 0 aliphatic heterocycles. The second-order valence-corrected chi connectivity index (χ2v) is 9.03. The minimum Gasteiger partial charge on any atom is -0.285 e. The number of thioether (sulfide) groups is 1. The van der Waals surface area contributed by atoms with Gasteiger partial charge >= 0.3 is 0 Å². The second kappa shape index (κ2) is 7.50. The van der Waals surface area contributed by atoms with Crippen molar-refractivity contribution in [3.05, 3.63) is 48.4 Å². The summed E-state index contributed by atoms with van der Waals surface area (Å²) < 4.78 is 39.1. The molecular formula is C16H16N6O2S3. The maximum atomic E-state index is 13.1. The predicted molar refractivity (Wildman–Crippen MR) is 106 cm³/mol. The second-order valence-electron chi connectivity index (χ2n) is 5.83. The Morgan fingerprint density at radius 3 is 2.93 bits per heavy atom. The van der Waals surface area contributed by atoms with E-state index in [1.54, 1.807) is 34.4 Å². The summed E-state index contributed by atoms with van der Waals surface area (Å²) in [5.41, 5.74) is 1.62. The molecule has 0 saturated carbocycles. The first-order valence-electron chi connectivity index (χ1n) is 8.12. The Hall–Kier alpha value is -2.08. The molecule has 1 N–H and O–H groups in total. The summed E-state index contributed by atoms with van der Waals surface area (Å²) in [6.07, 6.45) is 4.40. The summed E-state index contributed by atoms with van der Waals surface area (Å²) in [4.78, 5) is 0.122. The summed E-state index contributed by atoms with van der Waals surface area (Å²) in [5.74, 6) is 1.34. The van der Waals surface area contributed by atoms with E-state index >= 15 is 0 Å². The highest BCUT2D eigenvalue weighted by Crippen LogP contribution is 2.25. The zero-order chi connectivity index (χ0) is 18.9. The fourth-order valence-corrected chi connectivity index (χ4v) is 5.29. The van der Waals surface area contributed by atoms with Crippen molar-refractivity contribution in [1.82, 2.24) is 28.1 Å². The van der Waals surface area contributed by atoms with Gasteiger partial charge in [0.25, 0.3) is 0 Å². The highest BCUT2D eigenvalue weighted by Gasteiger charge is 2.27. The smallest absolute Gasteiger partial charge is 0.243 e. The van der Waals surface area contributed by atoms with Crippen LogP contribution < -0.4 is 4.72 Å². The van der Waals surface area contributed by atoms with Crippen LogP contribution in [0.4, 0.5) is 0 Å². The lowest BCUT2D eigenvalue weighted by molar-refractivity contribution is 0.537. The van der Waals surface area contributed by atoms with Gasteiger partial charge in [-0.05, 0) is 42.7 Å². The SMILES string of the molecule is CSCC[C@@H](NS(=O)(=O)c1cccc2nsnc12)c1nnc2ccccn12. The molecule has 0 unspecified atom stereocenters. The van der Waals surface area contributed by atoms with Gasteiger partial charge in [-0.2, -0.15) is 20.5 Å². The molecule has 11 heteroatoms. The van der Waals surface area contributed by atoms with Gasteiger partial charge in [0.05, 0.1) is 17.8 Å². The van der Waals surface area contributed by atoms with E-state index in [4.69, 9.17) is 0 Å². The Morgan fingerprint density at radius 1 is 1.19 bits per heavy atom. The lowest BCUT2D eigenvalue weighted by Gasteiger charge is -2.17. The molecule has 0 saturated heterocycles. The fraction of sp³-hybridized carbons (Fsp3) is 0.250. The predicted octanol–water partition coefficient (Wildman–Crippen LogP) is 2.51. The molecule has 4 aromatic rings. The number of nitrogens with zero attached hydrogens (tertiary/aromatic N) is 5. The Bertz CT molecular complexity index is 1190. The molecule has 0 aliphatic rings. The van der Waals surface area contributed by atoms with Crippen molar-refractivity contribution in [2.24, 2.45) is 0 Å². The van der Waals surface area contributed by atoms with Crippen molar-refractivity contribution in [2.45, 2.75) is 17.4 Å². The van der Waals surface area contributed by atoms with Crippen molar-refractivity contribution in [3.8, 4) is 0 Å². The summed E-state index contributed by atoms with van der Waals surface area (Å²) >= 11 is 2.64. The molecule has 4 rings (SSSR count). The topological polar surface area (TPSA) is 102 Å². The van der Waals surface area contributed by atoms with Gasteiger partial charge < -0.3 is 0 Å². The van der Waals surface area contributed by atoms with Crippen LogP contribution in [0.1, 0.15) is 18.3 Å². The molecular weight excluding hydrogens is 404 g/mol. The van der Waals surface area contributed by atoms with E-state index in [9.17, 15) is 8.42 Å². The minimum atomic E-state index is -3.82. The van der Waals surface area contributed by atoms with Crippen molar-refractivity contribution in [3.63, 3.8) is 0 Å². The number of rotatable bonds is 7. The summed E-state index contributed by atoms with van der Waals surface area (Å²) in [6, 6.07) is 10.0. The molecule has 0 radical (unpaired) electrons. The number of pyridine rings is 1. The van der Waals surface area contributed by atoms with E-state index in [0.29, 0.717) is 28.9 Å². The number of fused-ring (bicyclic) bond motifs is 2. The van der Waals surface area contributed by atoms with Gasteiger partial charge in [-0.15, -0.1) is 10.2 Å². The molecule has 27 heavy (non-hydrogen) atoms. The molecule has 0 fully saturated rings. The van der Waals surface area contributed by atoms with Crippen LogP contribution in [-0.4, -0.2) is 43.8 Å². The van der Waals surface area contributed by atoms with Gasteiger partial charge in [-0.25, -0.2) is 13.1 Å². The van der Waals surface area contributed by atoms with Gasteiger partial charge in [-0.3, -0.25) is 4.40 Å². The zero-order valence-electron chi connectivity index (χ0n) is 14.3. The van der Waals surface area contributed by atoms with E-state index in [2.05, 4.69) is 23.7 Å². The van der Waals surface area contributed by atoms with Gasteiger partial charge in [0.15, 0.2) is 11.5 Å². The van der Waals surface area contributed by atoms with Crippen LogP contribution in [0.15, 0.2) is 47.5 Å². The molecule has 3 aromatic heterocycles. The number of benzene rings is 1. The fourth-order valence-electron chi connectivity index (χ4n) is 2.82. The third-order valence-corrected chi connectivity index (χ3v) is 6.79. The normalized spacial score (nSPS) is 13.4.